The summed E-state index contributed by atoms with van der Waals surface area (Å²) >= 11 is 6.26. The van der Waals surface area contributed by atoms with Crippen molar-refractivity contribution in [2.75, 3.05) is 25.5 Å². The summed E-state index contributed by atoms with van der Waals surface area (Å²) in [6, 6.07) is 3.78. The molecule has 0 spiro atoms. The van der Waals surface area contributed by atoms with Crippen LogP contribution in [0.15, 0.2) is 12.1 Å². The van der Waals surface area contributed by atoms with Crippen molar-refractivity contribution in [3.8, 4) is 5.75 Å². The second kappa shape index (κ2) is 4.52. The lowest BCUT2D eigenvalue weighted by atomic mass is 9.89. The summed E-state index contributed by atoms with van der Waals surface area (Å²) in [7, 11) is 1.67. The van der Waals surface area contributed by atoms with E-state index < -0.39 is 0 Å². The van der Waals surface area contributed by atoms with Gasteiger partial charge in [0.15, 0.2) is 0 Å². The van der Waals surface area contributed by atoms with Gasteiger partial charge in [0.2, 0.25) is 0 Å². The molecule has 1 aromatic rings. The second-order valence-corrected chi connectivity index (χ2v) is 4.65. The van der Waals surface area contributed by atoms with Crippen LogP contribution in [0, 0.1) is 5.92 Å². The van der Waals surface area contributed by atoms with E-state index in [4.69, 9.17) is 22.1 Å². The van der Waals surface area contributed by atoms with Crippen molar-refractivity contribution >= 4 is 17.3 Å². The first-order valence-electron chi connectivity index (χ1n) is 5.49. The van der Waals surface area contributed by atoms with Gasteiger partial charge in [0, 0.05) is 23.0 Å². The lowest BCUT2D eigenvalue weighted by Crippen LogP contribution is -2.20. The number of methoxy groups -OCH3 is 1. The van der Waals surface area contributed by atoms with Crippen LogP contribution in [0.5, 0.6) is 5.75 Å². The molecule has 4 heteroatoms. The first-order chi connectivity index (χ1) is 7.69. The predicted octanol–water partition coefficient (Wildman–Crippen LogP) is 2.45. The van der Waals surface area contributed by atoms with E-state index in [9.17, 15) is 0 Å². The minimum absolute atomic E-state index is 0.377. The van der Waals surface area contributed by atoms with Gasteiger partial charge in [-0.25, -0.2) is 0 Å². The molecule has 1 aromatic carbocycles. The van der Waals surface area contributed by atoms with Crippen LogP contribution in [0.3, 0.4) is 0 Å². The van der Waals surface area contributed by atoms with Crippen LogP contribution in [0.25, 0.3) is 0 Å². The SMILES string of the molecule is COc1ccc(Cl)c2c1NCC2C(C)CN. The van der Waals surface area contributed by atoms with Crippen molar-refractivity contribution in [3.63, 3.8) is 0 Å². The molecule has 0 radical (unpaired) electrons. The van der Waals surface area contributed by atoms with Gasteiger partial charge in [0.1, 0.15) is 5.75 Å². The summed E-state index contributed by atoms with van der Waals surface area (Å²) in [5, 5.41) is 4.16. The molecule has 1 heterocycles. The Bertz CT molecular complexity index is 395. The van der Waals surface area contributed by atoms with Gasteiger partial charge in [-0.2, -0.15) is 0 Å². The van der Waals surface area contributed by atoms with E-state index in [0.29, 0.717) is 18.4 Å². The smallest absolute Gasteiger partial charge is 0.142 e. The Morgan fingerprint density at radius 1 is 1.62 bits per heavy atom. The fourth-order valence-corrected chi connectivity index (χ4v) is 2.55. The lowest BCUT2D eigenvalue weighted by Gasteiger charge is -2.18. The van der Waals surface area contributed by atoms with E-state index in [2.05, 4.69) is 12.2 Å². The highest BCUT2D eigenvalue weighted by atomic mass is 35.5. The quantitative estimate of drug-likeness (QED) is 0.853. The minimum Gasteiger partial charge on any atom is -0.495 e. The average Bonchev–Trinajstić information content (AvgIpc) is 2.74. The second-order valence-electron chi connectivity index (χ2n) is 4.24. The highest BCUT2D eigenvalue weighted by molar-refractivity contribution is 6.32. The summed E-state index contributed by atoms with van der Waals surface area (Å²) < 4.78 is 5.32. The molecule has 2 unspecified atom stereocenters. The molecule has 3 N–H and O–H groups in total. The van der Waals surface area contributed by atoms with E-state index in [-0.39, 0.29) is 0 Å². The first kappa shape index (κ1) is 11.6. The Labute approximate surface area is 101 Å². The third kappa shape index (κ3) is 1.74. The Hall–Kier alpha value is -0.930. The number of nitrogens with two attached hydrogens (primary N) is 1. The van der Waals surface area contributed by atoms with Crippen molar-refractivity contribution in [2.45, 2.75) is 12.8 Å². The molecule has 0 bridgehead atoms. The van der Waals surface area contributed by atoms with Gasteiger partial charge in [-0.1, -0.05) is 18.5 Å². The third-order valence-electron chi connectivity index (χ3n) is 3.30. The van der Waals surface area contributed by atoms with Crippen LogP contribution < -0.4 is 15.8 Å². The Kier molecular flexibility index (Phi) is 3.26. The molecular formula is C12H17ClN2O. The fraction of sp³-hybridized carbons (Fsp3) is 0.500. The molecule has 3 nitrogen and oxygen atoms in total. The number of anilines is 1. The number of hydrogen-bond acceptors (Lipinski definition) is 3. The maximum atomic E-state index is 6.26. The lowest BCUT2D eigenvalue weighted by molar-refractivity contribution is 0.416. The van der Waals surface area contributed by atoms with Crippen LogP contribution >= 0.6 is 11.6 Å². The third-order valence-corrected chi connectivity index (χ3v) is 3.63. The minimum atomic E-state index is 0.377. The maximum absolute atomic E-state index is 6.26. The van der Waals surface area contributed by atoms with Crippen LogP contribution in [-0.2, 0) is 0 Å². The molecule has 2 atom stereocenters. The molecule has 0 saturated carbocycles. The van der Waals surface area contributed by atoms with Crippen LogP contribution in [0.4, 0.5) is 5.69 Å². The Morgan fingerprint density at radius 3 is 3.00 bits per heavy atom. The van der Waals surface area contributed by atoms with E-state index in [0.717, 1.165) is 28.6 Å². The molecule has 0 amide bonds. The number of halogens is 1. The summed E-state index contributed by atoms with van der Waals surface area (Å²) in [4.78, 5) is 0. The molecule has 2 rings (SSSR count). The highest BCUT2D eigenvalue weighted by Crippen LogP contribution is 2.45. The molecule has 0 aliphatic carbocycles. The zero-order valence-corrected chi connectivity index (χ0v) is 10.3. The molecular weight excluding hydrogens is 224 g/mol. The van der Waals surface area contributed by atoms with Crippen molar-refractivity contribution in [2.24, 2.45) is 11.7 Å². The maximum Gasteiger partial charge on any atom is 0.142 e. The van der Waals surface area contributed by atoms with Gasteiger partial charge in [0.25, 0.3) is 0 Å². The average molecular weight is 241 g/mol. The van der Waals surface area contributed by atoms with Gasteiger partial charge in [-0.05, 0) is 24.6 Å². The van der Waals surface area contributed by atoms with Crippen molar-refractivity contribution < 1.29 is 4.74 Å². The molecule has 16 heavy (non-hydrogen) atoms. The first-order valence-corrected chi connectivity index (χ1v) is 5.87. The molecule has 88 valence electrons. The number of rotatable bonds is 3. The van der Waals surface area contributed by atoms with Crippen LogP contribution in [0.1, 0.15) is 18.4 Å². The molecule has 0 aromatic heterocycles. The summed E-state index contributed by atoms with van der Waals surface area (Å²) in [5.74, 6) is 1.65. The number of benzene rings is 1. The summed E-state index contributed by atoms with van der Waals surface area (Å²) in [6.07, 6.45) is 0. The Morgan fingerprint density at radius 2 is 2.38 bits per heavy atom. The monoisotopic (exact) mass is 240 g/mol. The van der Waals surface area contributed by atoms with Gasteiger partial charge in [-0.15, -0.1) is 0 Å². The number of fused-ring (bicyclic) bond motifs is 1. The molecule has 1 aliphatic rings. The van der Waals surface area contributed by atoms with Gasteiger partial charge >= 0.3 is 0 Å². The zero-order chi connectivity index (χ0) is 11.7. The topological polar surface area (TPSA) is 47.3 Å². The summed E-state index contributed by atoms with van der Waals surface area (Å²) in [6.45, 7) is 3.70. The van der Waals surface area contributed by atoms with Crippen LogP contribution in [0.2, 0.25) is 5.02 Å². The largest absolute Gasteiger partial charge is 0.495 e. The van der Waals surface area contributed by atoms with Crippen molar-refractivity contribution in [1.82, 2.24) is 0 Å². The summed E-state index contributed by atoms with van der Waals surface area (Å²) in [5.41, 5.74) is 7.91. The molecule has 0 saturated heterocycles. The van der Waals surface area contributed by atoms with Crippen molar-refractivity contribution in [1.29, 1.82) is 0 Å². The normalized spacial score (nSPS) is 20.1. The number of ether oxygens (including phenoxy) is 1. The molecule has 1 aliphatic heterocycles. The molecule has 0 fully saturated rings. The van der Waals surface area contributed by atoms with Crippen LogP contribution in [-0.4, -0.2) is 20.2 Å². The van der Waals surface area contributed by atoms with E-state index >= 15 is 0 Å². The van der Waals surface area contributed by atoms with E-state index in [1.807, 2.05) is 12.1 Å². The highest BCUT2D eigenvalue weighted by Gasteiger charge is 2.30. The van der Waals surface area contributed by atoms with E-state index in [1.54, 1.807) is 7.11 Å². The van der Waals surface area contributed by atoms with E-state index in [1.165, 1.54) is 0 Å². The zero-order valence-electron chi connectivity index (χ0n) is 9.59. The number of hydrogen-bond donors (Lipinski definition) is 2. The fourth-order valence-electron chi connectivity index (χ4n) is 2.25. The predicted molar refractivity (Wildman–Crippen MR) is 67.5 cm³/mol. The van der Waals surface area contributed by atoms with Gasteiger partial charge in [-0.3, -0.25) is 0 Å². The van der Waals surface area contributed by atoms with Gasteiger partial charge in [0.05, 0.1) is 12.8 Å². The number of nitrogens with one attached hydrogen (secondary N) is 1. The Balaban J connectivity index is 2.45. The van der Waals surface area contributed by atoms with Gasteiger partial charge < -0.3 is 15.8 Å². The van der Waals surface area contributed by atoms with Crippen molar-refractivity contribution in [3.05, 3.63) is 22.7 Å². The standard InChI is InChI=1S/C12H17ClN2O/c1-7(5-14)8-6-15-12-10(16-2)4-3-9(13)11(8)12/h3-4,7-8,15H,5-6,14H2,1-2H3.